The molecule has 3 nitrogen and oxygen atoms in total. The highest BCUT2D eigenvalue weighted by molar-refractivity contribution is 7.10. The first-order chi connectivity index (χ1) is 9.10. The zero-order valence-electron chi connectivity index (χ0n) is 11.5. The van der Waals surface area contributed by atoms with E-state index < -0.39 is 0 Å². The lowest BCUT2D eigenvalue weighted by Crippen LogP contribution is -2.15. The molecule has 1 aromatic carbocycles. The van der Waals surface area contributed by atoms with Gasteiger partial charge in [0.25, 0.3) is 0 Å². The number of ether oxygens (including phenoxy) is 1. The van der Waals surface area contributed by atoms with Crippen LogP contribution in [0.15, 0.2) is 35.7 Å². The number of methoxy groups -OCH3 is 1. The Morgan fingerprint density at radius 3 is 2.63 bits per heavy atom. The van der Waals surface area contributed by atoms with Crippen molar-refractivity contribution in [1.29, 1.82) is 0 Å². The van der Waals surface area contributed by atoms with Crippen molar-refractivity contribution in [2.45, 2.75) is 19.9 Å². The van der Waals surface area contributed by atoms with Gasteiger partial charge in [-0.25, -0.2) is 0 Å². The van der Waals surface area contributed by atoms with Crippen LogP contribution < -0.4 is 15.8 Å². The highest BCUT2D eigenvalue weighted by Gasteiger charge is 2.17. The number of nitrogens with one attached hydrogen (secondary N) is 1. The van der Waals surface area contributed by atoms with Crippen LogP contribution in [0.4, 0.5) is 11.4 Å². The molecule has 1 atom stereocenters. The largest absolute Gasteiger partial charge is 0.497 e. The molecule has 19 heavy (non-hydrogen) atoms. The fraction of sp³-hybridized carbons (Fsp3) is 0.333. The van der Waals surface area contributed by atoms with Gasteiger partial charge >= 0.3 is 0 Å². The molecule has 0 fully saturated rings. The Hall–Kier alpha value is -1.68. The number of anilines is 2. The third kappa shape index (κ3) is 3.41. The first-order valence-corrected chi connectivity index (χ1v) is 7.22. The zero-order chi connectivity index (χ0) is 13.8. The van der Waals surface area contributed by atoms with E-state index in [1.54, 1.807) is 18.4 Å². The first-order valence-electron chi connectivity index (χ1n) is 6.34. The van der Waals surface area contributed by atoms with Crippen molar-refractivity contribution in [1.82, 2.24) is 0 Å². The van der Waals surface area contributed by atoms with E-state index in [0.29, 0.717) is 11.6 Å². The minimum Gasteiger partial charge on any atom is -0.497 e. The van der Waals surface area contributed by atoms with E-state index in [0.717, 1.165) is 11.4 Å². The molecule has 0 spiro atoms. The standard InChI is InChI=1S/C15H20N2OS/c1-10(2)15(14-5-4-6-19-14)17-12-7-11(16)8-13(9-12)18-3/h4-10,15,17H,16H2,1-3H3. The van der Waals surface area contributed by atoms with Crippen molar-refractivity contribution in [3.63, 3.8) is 0 Å². The minimum atomic E-state index is 0.284. The Kier molecular flexibility index (Phi) is 4.32. The average Bonchev–Trinajstić information content (AvgIpc) is 2.88. The summed E-state index contributed by atoms with van der Waals surface area (Å²) in [7, 11) is 1.65. The van der Waals surface area contributed by atoms with Crippen molar-refractivity contribution in [3.8, 4) is 5.75 Å². The lowest BCUT2D eigenvalue weighted by atomic mass is 10.0. The number of benzene rings is 1. The van der Waals surface area contributed by atoms with Crippen molar-refractivity contribution in [2.75, 3.05) is 18.2 Å². The van der Waals surface area contributed by atoms with Gasteiger partial charge in [0.15, 0.2) is 0 Å². The summed E-state index contributed by atoms with van der Waals surface area (Å²) in [6.07, 6.45) is 0. The van der Waals surface area contributed by atoms with Gasteiger partial charge in [-0.3, -0.25) is 0 Å². The van der Waals surface area contributed by atoms with Crippen molar-refractivity contribution >= 4 is 22.7 Å². The SMILES string of the molecule is COc1cc(N)cc(NC(c2cccs2)C(C)C)c1. The number of rotatable bonds is 5. The van der Waals surface area contributed by atoms with Crippen LogP contribution in [0.5, 0.6) is 5.75 Å². The van der Waals surface area contributed by atoms with Gasteiger partial charge in [-0.05, 0) is 23.4 Å². The second-order valence-corrected chi connectivity index (χ2v) is 5.86. The molecule has 102 valence electrons. The Bertz CT molecular complexity index is 523. The summed E-state index contributed by atoms with van der Waals surface area (Å²) in [4.78, 5) is 1.33. The quantitative estimate of drug-likeness (QED) is 0.807. The monoisotopic (exact) mass is 276 g/mol. The predicted molar refractivity (Wildman–Crippen MR) is 82.9 cm³/mol. The van der Waals surface area contributed by atoms with Crippen LogP contribution >= 0.6 is 11.3 Å². The maximum atomic E-state index is 5.89. The molecule has 0 saturated heterocycles. The lowest BCUT2D eigenvalue weighted by Gasteiger charge is -2.23. The summed E-state index contributed by atoms with van der Waals surface area (Å²) >= 11 is 1.77. The molecular weight excluding hydrogens is 256 g/mol. The number of thiophene rings is 1. The molecule has 1 unspecified atom stereocenters. The molecule has 2 rings (SSSR count). The van der Waals surface area contributed by atoms with Crippen LogP contribution in [-0.4, -0.2) is 7.11 Å². The molecule has 0 aliphatic rings. The number of nitrogen functional groups attached to an aromatic ring is 1. The molecule has 4 heteroatoms. The molecule has 3 N–H and O–H groups in total. The minimum absolute atomic E-state index is 0.284. The van der Waals surface area contributed by atoms with Crippen molar-refractivity contribution in [3.05, 3.63) is 40.6 Å². The van der Waals surface area contributed by atoms with Gasteiger partial charge in [-0.2, -0.15) is 0 Å². The fourth-order valence-electron chi connectivity index (χ4n) is 2.04. The lowest BCUT2D eigenvalue weighted by molar-refractivity contribution is 0.415. The molecule has 0 aliphatic carbocycles. The second-order valence-electron chi connectivity index (χ2n) is 4.88. The van der Waals surface area contributed by atoms with E-state index in [4.69, 9.17) is 10.5 Å². The van der Waals surface area contributed by atoms with Crippen LogP contribution in [-0.2, 0) is 0 Å². The summed E-state index contributed by atoms with van der Waals surface area (Å²) in [6.45, 7) is 4.42. The van der Waals surface area contributed by atoms with Crippen molar-refractivity contribution in [2.24, 2.45) is 5.92 Å². The van der Waals surface area contributed by atoms with Gasteiger partial charge in [0.2, 0.25) is 0 Å². The molecule has 1 heterocycles. The van der Waals surface area contributed by atoms with Gasteiger partial charge in [0.1, 0.15) is 5.75 Å². The van der Waals surface area contributed by atoms with Crippen LogP contribution in [0.3, 0.4) is 0 Å². The Labute approximate surface area is 118 Å². The van der Waals surface area contributed by atoms with E-state index >= 15 is 0 Å². The maximum absolute atomic E-state index is 5.89. The third-order valence-corrected chi connectivity index (χ3v) is 3.96. The summed E-state index contributed by atoms with van der Waals surface area (Å²) < 4.78 is 5.25. The third-order valence-electron chi connectivity index (χ3n) is 3.00. The zero-order valence-corrected chi connectivity index (χ0v) is 12.3. The van der Waals surface area contributed by atoms with Crippen LogP contribution in [0.25, 0.3) is 0 Å². The maximum Gasteiger partial charge on any atom is 0.122 e. The second kappa shape index (κ2) is 5.97. The Morgan fingerprint density at radius 1 is 1.26 bits per heavy atom. The average molecular weight is 276 g/mol. The van der Waals surface area contributed by atoms with E-state index in [1.165, 1.54) is 4.88 Å². The van der Waals surface area contributed by atoms with Crippen LogP contribution in [0, 0.1) is 5.92 Å². The fourth-order valence-corrected chi connectivity index (χ4v) is 2.99. The van der Waals surface area contributed by atoms with Gasteiger partial charge in [-0.1, -0.05) is 19.9 Å². The van der Waals surface area contributed by atoms with Gasteiger partial charge in [0, 0.05) is 28.4 Å². The van der Waals surface area contributed by atoms with Gasteiger partial charge in [0.05, 0.1) is 13.2 Å². The van der Waals surface area contributed by atoms with Crippen molar-refractivity contribution < 1.29 is 4.74 Å². The highest BCUT2D eigenvalue weighted by Crippen LogP contribution is 2.31. The molecule has 0 radical (unpaired) electrons. The topological polar surface area (TPSA) is 47.3 Å². The molecule has 2 aromatic rings. The van der Waals surface area contributed by atoms with Gasteiger partial charge in [-0.15, -0.1) is 11.3 Å². The molecular formula is C15H20N2OS. The van der Waals surface area contributed by atoms with E-state index in [2.05, 4.69) is 36.7 Å². The predicted octanol–water partition coefficient (Wildman–Crippen LogP) is 4.15. The molecule has 0 amide bonds. The highest BCUT2D eigenvalue weighted by atomic mass is 32.1. The summed E-state index contributed by atoms with van der Waals surface area (Å²) in [6, 6.07) is 10.3. The molecule has 0 saturated carbocycles. The van der Waals surface area contributed by atoms with E-state index in [-0.39, 0.29) is 6.04 Å². The summed E-state index contributed by atoms with van der Waals surface area (Å²) in [5, 5.41) is 5.65. The Balaban J connectivity index is 2.24. The number of hydrogen-bond acceptors (Lipinski definition) is 4. The number of hydrogen-bond donors (Lipinski definition) is 2. The molecule has 1 aromatic heterocycles. The number of nitrogens with two attached hydrogens (primary N) is 1. The summed E-state index contributed by atoms with van der Waals surface area (Å²) in [5.74, 6) is 1.27. The molecule has 0 bridgehead atoms. The normalized spacial score (nSPS) is 12.4. The van der Waals surface area contributed by atoms with Gasteiger partial charge < -0.3 is 15.8 Å². The van der Waals surface area contributed by atoms with Crippen LogP contribution in [0.1, 0.15) is 24.8 Å². The van der Waals surface area contributed by atoms with Crippen LogP contribution in [0.2, 0.25) is 0 Å². The molecule has 0 aliphatic heterocycles. The smallest absolute Gasteiger partial charge is 0.122 e. The van der Waals surface area contributed by atoms with E-state index in [9.17, 15) is 0 Å². The summed E-state index contributed by atoms with van der Waals surface area (Å²) in [5.41, 5.74) is 7.58. The van der Waals surface area contributed by atoms with E-state index in [1.807, 2.05) is 18.2 Å². The first kappa shape index (κ1) is 13.7. The Morgan fingerprint density at radius 2 is 2.05 bits per heavy atom.